The summed E-state index contributed by atoms with van der Waals surface area (Å²) in [4.78, 5) is 0. The third-order valence-corrected chi connectivity index (χ3v) is 3.20. The molecule has 0 saturated heterocycles. The van der Waals surface area contributed by atoms with Crippen LogP contribution in [0, 0.1) is 11.3 Å². The van der Waals surface area contributed by atoms with E-state index in [2.05, 4.69) is 26.1 Å². The molecule has 84 valence electrons. The van der Waals surface area contributed by atoms with Gasteiger partial charge in [0, 0.05) is 6.04 Å². The Kier molecular flexibility index (Phi) is 4.39. The fourth-order valence-electron chi connectivity index (χ4n) is 2.91. The Balaban J connectivity index is 2.30. The third kappa shape index (κ3) is 3.97. The number of hydrogen-bond donors (Lipinski definition) is 2. The number of nitrogens with one attached hydrogen (secondary N) is 1. The van der Waals surface area contributed by atoms with E-state index >= 15 is 0 Å². The molecule has 2 atom stereocenters. The predicted octanol–water partition coefficient (Wildman–Crippen LogP) is 2.14. The molecule has 0 aliphatic heterocycles. The third-order valence-electron chi connectivity index (χ3n) is 3.20. The van der Waals surface area contributed by atoms with Crippen LogP contribution in [-0.4, -0.2) is 19.1 Å². The molecule has 1 saturated carbocycles. The van der Waals surface area contributed by atoms with Crippen LogP contribution < -0.4 is 11.1 Å². The van der Waals surface area contributed by atoms with Gasteiger partial charge in [-0.05, 0) is 50.1 Å². The first-order valence-electron chi connectivity index (χ1n) is 5.97. The molecule has 0 aromatic carbocycles. The Morgan fingerprint density at radius 1 is 1.36 bits per heavy atom. The van der Waals surface area contributed by atoms with Crippen molar-refractivity contribution in [3.05, 3.63) is 0 Å². The van der Waals surface area contributed by atoms with Gasteiger partial charge >= 0.3 is 0 Å². The molecule has 0 radical (unpaired) electrons. The second-order valence-electron chi connectivity index (χ2n) is 5.71. The molecular formula is C12H26N2. The van der Waals surface area contributed by atoms with Crippen molar-refractivity contribution in [2.75, 3.05) is 13.1 Å². The summed E-state index contributed by atoms with van der Waals surface area (Å²) in [5.74, 6) is 0.870. The monoisotopic (exact) mass is 198 g/mol. The number of rotatable bonds is 4. The van der Waals surface area contributed by atoms with Gasteiger partial charge in [0.2, 0.25) is 0 Å². The zero-order valence-corrected chi connectivity index (χ0v) is 9.97. The molecule has 2 unspecified atom stereocenters. The van der Waals surface area contributed by atoms with Crippen molar-refractivity contribution < 1.29 is 0 Å². The lowest BCUT2D eigenvalue weighted by Gasteiger charge is -2.39. The van der Waals surface area contributed by atoms with Crippen molar-refractivity contribution >= 4 is 0 Å². The van der Waals surface area contributed by atoms with Crippen LogP contribution in [0.3, 0.4) is 0 Å². The van der Waals surface area contributed by atoms with E-state index in [1.54, 1.807) is 0 Å². The van der Waals surface area contributed by atoms with Gasteiger partial charge in [0.15, 0.2) is 0 Å². The van der Waals surface area contributed by atoms with Gasteiger partial charge in [-0.25, -0.2) is 0 Å². The lowest BCUT2D eigenvalue weighted by molar-refractivity contribution is 0.152. The Morgan fingerprint density at radius 2 is 2.07 bits per heavy atom. The molecule has 0 bridgehead atoms. The first-order chi connectivity index (χ1) is 6.53. The van der Waals surface area contributed by atoms with Crippen LogP contribution in [0.5, 0.6) is 0 Å². The highest BCUT2D eigenvalue weighted by Gasteiger charge is 2.31. The zero-order valence-electron chi connectivity index (χ0n) is 9.97. The summed E-state index contributed by atoms with van der Waals surface area (Å²) in [5, 5.41) is 3.63. The van der Waals surface area contributed by atoms with Crippen molar-refractivity contribution in [3.8, 4) is 0 Å². The SMILES string of the molecule is CC1CC(NCCCN)CC(C)(C)C1. The normalized spacial score (nSPS) is 31.7. The lowest BCUT2D eigenvalue weighted by Crippen LogP contribution is -2.40. The Labute approximate surface area is 88.6 Å². The number of nitrogens with two attached hydrogens (primary N) is 1. The van der Waals surface area contributed by atoms with E-state index in [1.807, 2.05) is 0 Å². The minimum atomic E-state index is 0.526. The smallest absolute Gasteiger partial charge is 0.00746 e. The molecule has 0 aromatic heterocycles. The van der Waals surface area contributed by atoms with Gasteiger partial charge in [0.05, 0.1) is 0 Å². The molecule has 0 amide bonds. The zero-order chi connectivity index (χ0) is 10.6. The summed E-state index contributed by atoms with van der Waals surface area (Å²) in [7, 11) is 0. The highest BCUT2D eigenvalue weighted by Crippen LogP contribution is 2.38. The van der Waals surface area contributed by atoms with Crippen LogP contribution in [0.4, 0.5) is 0 Å². The fraction of sp³-hybridized carbons (Fsp3) is 1.00. The van der Waals surface area contributed by atoms with E-state index in [0.717, 1.165) is 31.5 Å². The summed E-state index contributed by atoms with van der Waals surface area (Å²) in [6, 6.07) is 0.722. The van der Waals surface area contributed by atoms with Crippen LogP contribution >= 0.6 is 0 Å². The topological polar surface area (TPSA) is 38.0 Å². The number of hydrogen-bond acceptors (Lipinski definition) is 2. The van der Waals surface area contributed by atoms with Crippen LogP contribution in [-0.2, 0) is 0 Å². The standard InChI is InChI=1S/C12H26N2/c1-10-7-11(14-6-4-5-13)9-12(2,3)8-10/h10-11,14H,4-9,13H2,1-3H3. The largest absolute Gasteiger partial charge is 0.330 e. The summed E-state index contributed by atoms with van der Waals surface area (Å²) in [6.07, 6.45) is 5.14. The minimum absolute atomic E-state index is 0.526. The van der Waals surface area contributed by atoms with Gasteiger partial charge in [-0.2, -0.15) is 0 Å². The summed E-state index contributed by atoms with van der Waals surface area (Å²) >= 11 is 0. The van der Waals surface area contributed by atoms with Crippen molar-refractivity contribution in [3.63, 3.8) is 0 Å². The Hall–Kier alpha value is -0.0800. The van der Waals surface area contributed by atoms with E-state index in [4.69, 9.17) is 5.73 Å². The van der Waals surface area contributed by atoms with E-state index in [1.165, 1.54) is 19.3 Å². The maximum Gasteiger partial charge on any atom is 0.00746 e. The minimum Gasteiger partial charge on any atom is -0.330 e. The van der Waals surface area contributed by atoms with Crippen molar-refractivity contribution in [2.24, 2.45) is 17.1 Å². The van der Waals surface area contributed by atoms with Gasteiger partial charge < -0.3 is 11.1 Å². The molecular weight excluding hydrogens is 172 g/mol. The fourth-order valence-corrected chi connectivity index (χ4v) is 2.91. The van der Waals surface area contributed by atoms with Crippen LogP contribution in [0.1, 0.15) is 46.5 Å². The van der Waals surface area contributed by atoms with Crippen molar-refractivity contribution in [1.29, 1.82) is 0 Å². The van der Waals surface area contributed by atoms with Crippen molar-refractivity contribution in [2.45, 2.75) is 52.5 Å². The van der Waals surface area contributed by atoms with Gasteiger partial charge in [0.25, 0.3) is 0 Å². The maximum absolute atomic E-state index is 5.48. The molecule has 1 aliphatic rings. The first-order valence-corrected chi connectivity index (χ1v) is 5.97. The summed E-state index contributed by atoms with van der Waals surface area (Å²) in [5.41, 5.74) is 6.01. The van der Waals surface area contributed by atoms with Gasteiger partial charge in [-0.1, -0.05) is 20.8 Å². The van der Waals surface area contributed by atoms with Crippen molar-refractivity contribution in [1.82, 2.24) is 5.32 Å². The average Bonchev–Trinajstić information content (AvgIpc) is 2.00. The van der Waals surface area contributed by atoms with E-state index in [9.17, 15) is 0 Å². The van der Waals surface area contributed by atoms with Gasteiger partial charge in [-0.3, -0.25) is 0 Å². The van der Waals surface area contributed by atoms with E-state index in [-0.39, 0.29) is 0 Å². The summed E-state index contributed by atoms with van der Waals surface area (Å²) < 4.78 is 0. The lowest BCUT2D eigenvalue weighted by atomic mass is 9.70. The Bertz CT molecular complexity index is 166. The molecule has 1 rings (SSSR count). The van der Waals surface area contributed by atoms with Gasteiger partial charge in [0.1, 0.15) is 0 Å². The molecule has 3 N–H and O–H groups in total. The second kappa shape index (κ2) is 5.13. The van der Waals surface area contributed by atoms with Crippen LogP contribution in [0.25, 0.3) is 0 Å². The highest BCUT2D eigenvalue weighted by molar-refractivity contribution is 4.86. The maximum atomic E-state index is 5.48. The molecule has 2 nitrogen and oxygen atoms in total. The van der Waals surface area contributed by atoms with E-state index < -0.39 is 0 Å². The molecule has 0 heterocycles. The quantitative estimate of drug-likeness (QED) is 0.679. The van der Waals surface area contributed by atoms with E-state index in [0.29, 0.717) is 5.41 Å². The van der Waals surface area contributed by atoms with Gasteiger partial charge in [-0.15, -0.1) is 0 Å². The molecule has 0 aromatic rings. The molecule has 1 fully saturated rings. The average molecular weight is 198 g/mol. The highest BCUT2D eigenvalue weighted by atomic mass is 14.9. The van der Waals surface area contributed by atoms with Crippen LogP contribution in [0.2, 0.25) is 0 Å². The molecule has 1 aliphatic carbocycles. The summed E-state index contributed by atoms with van der Waals surface area (Å²) in [6.45, 7) is 9.04. The second-order valence-corrected chi connectivity index (χ2v) is 5.71. The predicted molar refractivity (Wildman–Crippen MR) is 62.3 cm³/mol. The Morgan fingerprint density at radius 3 is 2.64 bits per heavy atom. The first kappa shape index (κ1) is 12.0. The van der Waals surface area contributed by atoms with Crippen LogP contribution in [0.15, 0.2) is 0 Å². The molecule has 14 heavy (non-hydrogen) atoms. The molecule has 2 heteroatoms. The molecule has 0 spiro atoms.